The van der Waals surface area contributed by atoms with E-state index in [0.717, 1.165) is 46.1 Å². The number of carbonyl (C=O) groups excluding carboxylic acids is 1. The van der Waals surface area contributed by atoms with E-state index < -0.39 is 0 Å². The summed E-state index contributed by atoms with van der Waals surface area (Å²) in [5.41, 5.74) is 2.17. The van der Waals surface area contributed by atoms with Gasteiger partial charge >= 0.3 is 0 Å². The van der Waals surface area contributed by atoms with Gasteiger partial charge in [-0.25, -0.2) is 9.97 Å². The molecule has 6 nitrogen and oxygen atoms in total. The number of amides is 1. The molecule has 2 aromatic heterocycles. The molecule has 1 aliphatic rings. The summed E-state index contributed by atoms with van der Waals surface area (Å²) in [5.74, 6) is 0.815. The molecule has 1 fully saturated rings. The molecule has 1 unspecified atom stereocenters. The minimum absolute atomic E-state index is 0.0867. The van der Waals surface area contributed by atoms with Crippen molar-refractivity contribution in [2.24, 2.45) is 0 Å². The van der Waals surface area contributed by atoms with Gasteiger partial charge in [-0.2, -0.15) is 0 Å². The van der Waals surface area contributed by atoms with Crippen LogP contribution < -0.4 is 5.32 Å². The van der Waals surface area contributed by atoms with Crippen LogP contribution in [0.3, 0.4) is 0 Å². The van der Waals surface area contributed by atoms with Gasteiger partial charge in [-0.3, -0.25) is 4.79 Å². The van der Waals surface area contributed by atoms with Crippen molar-refractivity contribution >= 4 is 39.0 Å². The van der Waals surface area contributed by atoms with Gasteiger partial charge in [-0.1, -0.05) is 17.7 Å². The highest BCUT2D eigenvalue weighted by Gasteiger charge is 2.29. The van der Waals surface area contributed by atoms with Gasteiger partial charge in [0.1, 0.15) is 17.0 Å². The molecule has 0 spiro atoms. The van der Waals surface area contributed by atoms with E-state index in [-0.39, 0.29) is 5.91 Å². The number of carbonyl (C=O) groups is 1. The van der Waals surface area contributed by atoms with Crippen molar-refractivity contribution in [3.8, 4) is 0 Å². The van der Waals surface area contributed by atoms with Gasteiger partial charge in [0, 0.05) is 24.8 Å². The van der Waals surface area contributed by atoms with Crippen LogP contribution >= 0.6 is 11.3 Å². The second kappa shape index (κ2) is 7.25. The number of nitrogens with zero attached hydrogens (tertiary/aromatic N) is 4. The van der Waals surface area contributed by atoms with Gasteiger partial charge in [0.25, 0.3) is 5.91 Å². The molecule has 1 N–H and O–H groups in total. The van der Waals surface area contributed by atoms with E-state index in [2.05, 4.69) is 53.3 Å². The fraction of sp³-hybridized carbons (Fsp3) is 0.350. The second-order valence-electron chi connectivity index (χ2n) is 7.20. The fourth-order valence-corrected chi connectivity index (χ4v) is 4.30. The molecule has 1 saturated heterocycles. The SMILES string of the molecule is Cc1ccc(Nc2ncnc3sc(C(=O)N4CCC(N(C)C)C4)cc23)cc1. The Kier molecular flexibility index (Phi) is 4.80. The Morgan fingerprint density at radius 1 is 1.26 bits per heavy atom. The number of hydrogen-bond donors (Lipinski definition) is 1. The van der Waals surface area contributed by atoms with Gasteiger partial charge in [0.2, 0.25) is 0 Å². The Labute approximate surface area is 162 Å². The van der Waals surface area contributed by atoms with Gasteiger partial charge in [0.05, 0.1) is 10.3 Å². The summed E-state index contributed by atoms with van der Waals surface area (Å²) in [4.78, 5) is 27.4. The molecule has 4 rings (SSSR count). The Balaban J connectivity index is 1.59. The maximum atomic E-state index is 12.9. The normalized spacial score (nSPS) is 17.0. The van der Waals surface area contributed by atoms with E-state index in [1.807, 2.05) is 23.1 Å². The summed E-state index contributed by atoms with van der Waals surface area (Å²) < 4.78 is 0. The van der Waals surface area contributed by atoms with Crippen LogP contribution in [0.15, 0.2) is 36.7 Å². The first-order valence-corrected chi connectivity index (χ1v) is 9.87. The zero-order valence-corrected chi connectivity index (χ0v) is 16.6. The zero-order valence-electron chi connectivity index (χ0n) is 15.8. The van der Waals surface area contributed by atoms with Crippen LogP contribution in [-0.2, 0) is 0 Å². The number of likely N-dealkylation sites (N-methyl/N-ethyl adjacent to an activating group) is 1. The predicted molar refractivity (Wildman–Crippen MR) is 110 cm³/mol. The summed E-state index contributed by atoms with van der Waals surface area (Å²) in [7, 11) is 4.13. The molecule has 0 aliphatic carbocycles. The minimum Gasteiger partial charge on any atom is -0.340 e. The van der Waals surface area contributed by atoms with Crippen LogP contribution in [0.1, 0.15) is 21.7 Å². The largest absolute Gasteiger partial charge is 0.340 e. The first kappa shape index (κ1) is 17.9. The highest BCUT2D eigenvalue weighted by molar-refractivity contribution is 7.20. The lowest BCUT2D eigenvalue weighted by Gasteiger charge is -2.19. The van der Waals surface area contributed by atoms with Gasteiger partial charge < -0.3 is 15.1 Å². The maximum Gasteiger partial charge on any atom is 0.264 e. The number of thiophene rings is 1. The summed E-state index contributed by atoms with van der Waals surface area (Å²) in [6.45, 7) is 3.64. The molecule has 27 heavy (non-hydrogen) atoms. The summed E-state index contributed by atoms with van der Waals surface area (Å²) >= 11 is 1.43. The smallest absolute Gasteiger partial charge is 0.264 e. The summed E-state index contributed by atoms with van der Waals surface area (Å²) in [5, 5.41) is 4.23. The highest BCUT2D eigenvalue weighted by atomic mass is 32.1. The zero-order chi connectivity index (χ0) is 19.0. The fourth-order valence-electron chi connectivity index (χ4n) is 3.34. The Hall–Kier alpha value is -2.51. The number of aryl methyl sites for hydroxylation is 1. The standard InChI is InChI=1S/C20H23N5OS/c1-13-4-6-14(7-5-13)23-18-16-10-17(27-19(16)22-12-21-18)20(26)25-9-8-15(11-25)24(2)3/h4-7,10,12,15H,8-9,11H2,1-3H3,(H,21,22,23). The average molecular weight is 382 g/mol. The topological polar surface area (TPSA) is 61.4 Å². The van der Waals surface area contributed by atoms with Crippen molar-refractivity contribution in [3.05, 3.63) is 47.1 Å². The van der Waals surface area contributed by atoms with E-state index in [0.29, 0.717) is 6.04 Å². The third kappa shape index (κ3) is 3.65. The van der Waals surface area contributed by atoms with Crippen molar-refractivity contribution in [1.82, 2.24) is 19.8 Å². The van der Waals surface area contributed by atoms with Crippen LogP contribution in [0.4, 0.5) is 11.5 Å². The third-order valence-electron chi connectivity index (χ3n) is 5.04. The Morgan fingerprint density at radius 2 is 2.04 bits per heavy atom. The van der Waals surface area contributed by atoms with Gasteiger partial charge in [-0.15, -0.1) is 11.3 Å². The number of benzene rings is 1. The van der Waals surface area contributed by atoms with Crippen LogP contribution in [0.25, 0.3) is 10.2 Å². The van der Waals surface area contributed by atoms with E-state index in [9.17, 15) is 4.79 Å². The highest BCUT2D eigenvalue weighted by Crippen LogP contribution is 2.31. The van der Waals surface area contributed by atoms with E-state index in [4.69, 9.17) is 0 Å². The van der Waals surface area contributed by atoms with Crippen molar-refractivity contribution in [2.45, 2.75) is 19.4 Å². The quantitative estimate of drug-likeness (QED) is 0.749. The molecule has 0 saturated carbocycles. The maximum absolute atomic E-state index is 12.9. The van der Waals surface area contributed by atoms with Crippen LogP contribution in [0.5, 0.6) is 0 Å². The van der Waals surface area contributed by atoms with E-state index in [1.54, 1.807) is 6.33 Å². The monoisotopic (exact) mass is 381 g/mol. The lowest BCUT2D eigenvalue weighted by atomic mass is 10.2. The van der Waals surface area contributed by atoms with Crippen molar-refractivity contribution in [1.29, 1.82) is 0 Å². The van der Waals surface area contributed by atoms with Crippen molar-refractivity contribution in [2.75, 3.05) is 32.5 Å². The molecule has 140 valence electrons. The average Bonchev–Trinajstić information content (AvgIpc) is 3.31. The first-order chi connectivity index (χ1) is 13.0. The van der Waals surface area contributed by atoms with Crippen LogP contribution in [0, 0.1) is 6.92 Å². The van der Waals surface area contributed by atoms with Crippen molar-refractivity contribution < 1.29 is 4.79 Å². The molecule has 1 aliphatic heterocycles. The van der Waals surface area contributed by atoms with Crippen LogP contribution in [-0.4, -0.2) is 58.9 Å². The lowest BCUT2D eigenvalue weighted by Crippen LogP contribution is -2.34. The predicted octanol–water partition coefficient (Wildman–Crippen LogP) is 3.52. The first-order valence-electron chi connectivity index (χ1n) is 9.05. The van der Waals surface area contributed by atoms with Gasteiger partial charge in [0.15, 0.2) is 0 Å². The lowest BCUT2D eigenvalue weighted by molar-refractivity contribution is 0.0788. The molecule has 3 heterocycles. The molecule has 1 amide bonds. The Morgan fingerprint density at radius 3 is 2.74 bits per heavy atom. The molecule has 1 aromatic carbocycles. The molecule has 3 aromatic rings. The van der Waals surface area contributed by atoms with Crippen LogP contribution in [0.2, 0.25) is 0 Å². The molecular weight excluding hydrogens is 358 g/mol. The second-order valence-corrected chi connectivity index (χ2v) is 8.23. The number of nitrogens with one attached hydrogen (secondary N) is 1. The molecular formula is C20H23N5OS. The molecule has 7 heteroatoms. The van der Waals surface area contributed by atoms with Crippen molar-refractivity contribution in [3.63, 3.8) is 0 Å². The molecule has 0 bridgehead atoms. The Bertz CT molecular complexity index is 966. The number of rotatable bonds is 4. The number of likely N-dealkylation sites (tertiary alicyclic amines) is 1. The third-order valence-corrected chi connectivity index (χ3v) is 6.07. The summed E-state index contributed by atoms with van der Waals surface area (Å²) in [6.07, 6.45) is 2.56. The van der Waals surface area contributed by atoms with Gasteiger partial charge in [-0.05, 0) is 45.6 Å². The number of aromatic nitrogens is 2. The molecule has 1 atom stereocenters. The van der Waals surface area contributed by atoms with E-state index >= 15 is 0 Å². The van der Waals surface area contributed by atoms with E-state index in [1.165, 1.54) is 16.9 Å². The molecule has 0 radical (unpaired) electrons. The minimum atomic E-state index is 0.0867. The summed E-state index contributed by atoms with van der Waals surface area (Å²) in [6, 6.07) is 10.5. The number of anilines is 2. The number of fused-ring (bicyclic) bond motifs is 1. The number of hydrogen-bond acceptors (Lipinski definition) is 6.